The predicted molar refractivity (Wildman–Crippen MR) is 190 cm³/mol. The third kappa shape index (κ3) is 4.73. The van der Waals surface area contributed by atoms with Gasteiger partial charge in [0.05, 0.1) is 30.3 Å². The van der Waals surface area contributed by atoms with Gasteiger partial charge in [-0.2, -0.15) is 0 Å². The summed E-state index contributed by atoms with van der Waals surface area (Å²) >= 11 is 14.8. The van der Waals surface area contributed by atoms with Gasteiger partial charge >= 0.3 is 0 Å². The first-order valence-electron chi connectivity index (χ1n) is 16.4. The summed E-state index contributed by atoms with van der Waals surface area (Å²) in [5.41, 5.74) is 2.77. The second kappa shape index (κ2) is 12.0. The van der Waals surface area contributed by atoms with Gasteiger partial charge in [-0.1, -0.05) is 42.0 Å². The molecule has 0 radical (unpaired) electrons. The lowest BCUT2D eigenvalue weighted by atomic mass is 9.56. The van der Waals surface area contributed by atoms with Crippen molar-refractivity contribution in [3.63, 3.8) is 0 Å². The average molecular weight is 727 g/mol. The molecule has 4 amide bonds. The number of phenolic OH excluding ortho intramolecular Hbond substituents is 1. The Bertz CT molecular complexity index is 2150. The largest absolute Gasteiger partial charge is 0.504 e. The summed E-state index contributed by atoms with van der Waals surface area (Å²) in [6.45, 7) is 0. The van der Waals surface area contributed by atoms with E-state index in [1.807, 2.05) is 30.3 Å². The Morgan fingerprint density at radius 3 is 2.12 bits per heavy atom. The van der Waals surface area contributed by atoms with Crippen molar-refractivity contribution in [1.29, 1.82) is 0 Å². The van der Waals surface area contributed by atoms with Crippen LogP contribution in [0.25, 0.3) is 0 Å². The van der Waals surface area contributed by atoms with Crippen LogP contribution >= 0.6 is 23.2 Å². The SMILES string of the molecule is COc1cccc(C2C3=CCC4C(=O)N(c5ccc(Nc6ccccc6)cc5)C(=O)C4C3CC3(Cl)C(=O)N(c4ccc(F)cc4)C(=O)C23Cl)c1O. The zero-order valence-corrected chi connectivity index (χ0v) is 28.6. The topological polar surface area (TPSA) is 116 Å². The number of anilines is 4. The van der Waals surface area contributed by atoms with Gasteiger partial charge in [0.2, 0.25) is 11.8 Å². The van der Waals surface area contributed by atoms with Crippen molar-refractivity contribution in [1.82, 2.24) is 0 Å². The minimum atomic E-state index is -2.19. The van der Waals surface area contributed by atoms with E-state index in [0.29, 0.717) is 11.3 Å². The monoisotopic (exact) mass is 725 g/mol. The number of allylic oxidation sites excluding steroid dienone is 2. The lowest BCUT2D eigenvalue weighted by Crippen LogP contribution is -2.60. The fourth-order valence-corrected chi connectivity index (χ4v) is 9.24. The van der Waals surface area contributed by atoms with E-state index >= 15 is 0 Å². The third-order valence-electron chi connectivity index (χ3n) is 10.6. The van der Waals surface area contributed by atoms with Gasteiger partial charge in [0.25, 0.3) is 11.8 Å². The van der Waals surface area contributed by atoms with Crippen LogP contribution in [-0.4, -0.2) is 45.6 Å². The number of benzene rings is 4. The number of fused-ring (bicyclic) bond motifs is 4. The average Bonchev–Trinajstić information content (AvgIpc) is 3.47. The molecule has 12 heteroatoms. The smallest absolute Gasteiger partial charge is 0.258 e. The summed E-state index contributed by atoms with van der Waals surface area (Å²) in [7, 11) is 1.37. The first-order chi connectivity index (χ1) is 24.5. The number of rotatable bonds is 6. The van der Waals surface area contributed by atoms with Crippen LogP contribution in [0.2, 0.25) is 0 Å². The summed E-state index contributed by atoms with van der Waals surface area (Å²) in [4.78, 5) is 55.1. The fraction of sp³-hybridized carbons (Fsp3) is 0.231. The number of carbonyl (C=O) groups is 4. The summed E-state index contributed by atoms with van der Waals surface area (Å²) < 4.78 is 19.3. The highest BCUT2D eigenvalue weighted by Gasteiger charge is 2.77. The molecule has 51 heavy (non-hydrogen) atoms. The number of halogens is 3. The Balaban J connectivity index is 1.21. The van der Waals surface area contributed by atoms with Crippen LogP contribution in [0.3, 0.4) is 0 Å². The number of nitrogens with one attached hydrogen (secondary N) is 1. The second-order valence-corrected chi connectivity index (χ2v) is 14.4. The Morgan fingerprint density at radius 1 is 0.784 bits per heavy atom. The van der Waals surface area contributed by atoms with E-state index in [4.69, 9.17) is 27.9 Å². The van der Waals surface area contributed by atoms with Crippen LogP contribution in [0.4, 0.5) is 27.1 Å². The summed E-state index contributed by atoms with van der Waals surface area (Å²) in [6, 6.07) is 26.0. The molecular weight excluding hydrogens is 696 g/mol. The number of imide groups is 2. The number of nitrogens with zero attached hydrogens (tertiary/aromatic N) is 2. The maximum absolute atomic E-state index is 14.5. The highest BCUT2D eigenvalue weighted by molar-refractivity contribution is 6.58. The van der Waals surface area contributed by atoms with Crippen LogP contribution in [0, 0.1) is 23.6 Å². The molecule has 258 valence electrons. The molecule has 2 heterocycles. The minimum Gasteiger partial charge on any atom is -0.504 e. The molecule has 3 fully saturated rings. The molecule has 0 spiro atoms. The first kappa shape index (κ1) is 33.0. The molecule has 1 saturated carbocycles. The van der Waals surface area contributed by atoms with Crippen molar-refractivity contribution in [2.45, 2.75) is 28.5 Å². The number of methoxy groups -OCH3 is 1. The Kier molecular flexibility index (Phi) is 7.73. The third-order valence-corrected chi connectivity index (χ3v) is 12.1. The second-order valence-electron chi connectivity index (χ2n) is 13.2. The van der Waals surface area contributed by atoms with E-state index in [1.165, 1.54) is 30.2 Å². The van der Waals surface area contributed by atoms with Gasteiger partial charge in [-0.25, -0.2) is 9.29 Å². The first-order valence-corrected chi connectivity index (χ1v) is 17.1. The van der Waals surface area contributed by atoms with Crippen LogP contribution in [0.15, 0.2) is 109 Å². The maximum atomic E-state index is 14.5. The number of hydrogen-bond acceptors (Lipinski definition) is 7. The van der Waals surface area contributed by atoms with Gasteiger partial charge in [0, 0.05) is 22.9 Å². The molecule has 6 atom stereocenters. The number of ether oxygens (including phenoxy) is 1. The zero-order chi connectivity index (χ0) is 35.8. The van der Waals surface area contributed by atoms with Crippen molar-refractivity contribution in [3.8, 4) is 11.5 Å². The van der Waals surface area contributed by atoms with E-state index in [2.05, 4.69) is 5.32 Å². The molecule has 2 aliphatic carbocycles. The zero-order valence-electron chi connectivity index (χ0n) is 27.1. The molecule has 8 rings (SSSR count). The number of alkyl halides is 2. The van der Waals surface area contributed by atoms with Crippen LogP contribution in [-0.2, 0) is 19.2 Å². The molecule has 4 aromatic carbocycles. The van der Waals surface area contributed by atoms with E-state index < -0.39 is 62.9 Å². The quantitative estimate of drug-likeness (QED) is 0.124. The summed E-state index contributed by atoms with van der Waals surface area (Å²) in [6.07, 6.45) is 1.69. The molecule has 6 unspecified atom stereocenters. The van der Waals surface area contributed by atoms with Gasteiger partial charge in [0.1, 0.15) is 5.82 Å². The molecule has 4 aliphatic rings. The van der Waals surface area contributed by atoms with Crippen LogP contribution in [0.1, 0.15) is 24.3 Å². The minimum absolute atomic E-state index is 0.0628. The number of aromatic hydroxyl groups is 1. The van der Waals surface area contributed by atoms with Crippen molar-refractivity contribution in [2.75, 3.05) is 22.2 Å². The lowest BCUT2D eigenvalue weighted by molar-refractivity contribution is -0.125. The molecule has 2 aliphatic heterocycles. The predicted octanol–water partition coefficient (Wildman–Crippen LogP) is 7.05. The lowest BCUT2D eigenvalue weighted by Gasteiger charge is -2.50. The molecular formula is C39H30Cl2FN3O6. The molecule has 0 aromatic heterocycles. The van der Waals surface area contributed by atoms with Gasteiger partial charge in [-0.05, 0) is 85.5 Å². The molecule has 2 N–H and O–H groups in total. The Hall–Kier alpha value is -5.19. The van der Waals surface area contributed by atoms with Crippen LogP contribution < -0.4 is 19.9 Å². The van der Waals surface area contributed by atoms with Gasteiger partial charge in [0.15, 0.2) is 21.2 Å². The number of carbonyl (C=O) groups excluding carboxylic acids is 4. The normalized spacial score (nSPS) is 28.3. The molecule has 2 saturated heterocycles. The van der Waals surface area contributed by atoms with Gasteiger partial charge in [-0.15, -0.1) is 23.2 Å². The van der Waals surface area contributed by atoms with E-state index in [9.17, 15) is 28.7 Å². The number of amides is 4. The van der Waals surface area contributed by atoms with E-state index in [0.717, 1.165) is 28.4 Å². The summed E-state index contributed by atoms with van der Waals surface area (Å²) in [5, 5.41) is 14.7. The van der Waals surface area contributed by atoms with Crippen molar-refractivity contribution in [2.24, 2.45) is 17.8 Å². The van der Waals surface area contributed by atoms with E-state index in [1.54, 1.807) is 42.5 Å². The Labute approximate surface area is 302 Å². The molecule has 0 bridgehead atoms. The summed E-state index contributed by atoms with van der Waals surface area (Å²) in [5.74, 6) is -7.08. The van der Waals surface area contributed by atoms with Crippen molar-refractivity contribution in [3.05, 3.63) is 120 Å². The Morgan fingerprint density at radius 2 is 1.43 bits per heavy atom. The number of hydrogen-bond donors (Lipinski definition) is 2. The maximum Gasteiger partial charge on any atom is 0.258 e. The van der Waals surface area contributed by atoms with E-state index in [-0.39, 0.29) is 35.6 Å². The highest BCUT2D eigenvalue weighted by Crippen LogP contribution is 2.67. The van der Waals surface area contributed by atoms with Crippen LogP contribution in [0.5, 0.6) is 11.5 Å². The van der Waals surface area contributed by atoms with Crippen molar-refractivity contribution < 1.29 is 33.4 Å². The molecule has 4 aromatic rings. The highest BCUT2D eigenvalue weighted by atomic mass is 35.5. The fourth-order valence-electron chi connectivity index (χ4n) is 8.32. The molecule has 9 nitrogen and oxygen atoms in total. The number of phenols is 1. The number of para-hydroxylation sites is 2. The van der Waals surface area contributed by atoms with Crippen molar-refractivity contribution >= 4 is 69.6 Å². The standard InChI is InChI=1S/C39H30Cl2FN3O6/c1-51-30-9-5-8-28(33(30)46)32-26-18-19-27-31(35(48)44(34(27)47)24-16-12-23(13-17-24)43-22-6-3-2-4-7-22)29(26)20-38(40)36(49)45(37(50)39(32,38)41)25-14-10-21(42)11-15-25/h2-18,27,29,31-32,43,46H,19-20H2,1H3. The van der Waals surface area contributed by atoms with Gasteiger partial charge in [-0.3, -0.25) is 24.1 Å². The van der Waals surface area contributed by atoms with Gasteiger partial charge < -0.3 is 15.2 Å².